The van der Waals surface area contributed by atoms with Gasteiger partial charge >= 0.3 is 0 Å². The van der Waals surface area contributed by atoms with Crippen molar-refractivity contribution in [2.24, 2.45) is 0 Å². The van der Waals surface area contributed by atoms with Gasteiger partial charge in [-0.25, -0.2) is 4.98 Å². The lowest BCUT2D eigenvalue weighted by Crippen LogP contribution is -2.06. The molecule has 0 atom stereocenters. The van der Waals surface area contributed by atoms with Gasteiger partial charge < -0.3 is 0 Å². The van der Waals surface area contributed by atoms with Crippen molar-refractivity contribution in [1.82, 2.24) is 19.5 Å². The molecule has 0 bridgehead atoms. The third-order valence-electron chi connectivity index (χ3n) is 9.40. The van der Waals surface area contributed by atoms with Gasteiger partial charge in [-0.3, -0.25) is 4.57 Å². The molecular formula is C43H26N4. The number of nitrogens with zero attached hydrogens (tertiary/aromatic N) is 4. The first-order chi connectivity index (χ1) is 23.3. The van der Waals surface area contributed by atoms with E-state index in [0.717, 1.165) is 27.7 Å². The summed E-state index contributed by atoms with van der Waals surface area (Å²) < 4.78 is 2.15. The first-order valence-electron chi connectivity index (χ1n) is 15.9. The summed E-state index contributed by atoms with van der Waals surface area (Å²) in [5.41, 5.74) is 11.6. The Morgan fingerprint density at radius 2 is 0.915 bits per heavy atom. The van der Waals surface area contributed by atoms with Crippen LogP contribution in [0.15, 0.2) is 158 Å². The molecule has 0 aliphatic heterocycles. The van der Waals surface area contributed by atoms with Gasteiger partial charge in [0.05, 0.1) is 11.0 Å². The van der Waals surface area contributed by atoms with Crippen LogP contribution in [0.3, 0.4) is 0 Å². The zero-order valence-electron chi connectivity index (χ0n) is 25.3. The van der Waals surface area contributed by atoms with Gasteiger partial charge in [0, 0.05) is 21.9 Å². The number of hydrogen-bond acceptors (Lipinski definition) is 3. The lowest BCUT2D eigenvalue weighted by Gasteiger charge is -2.12. The molecule has 0 amide bonds. The Morgan fingerprint density at radius 3 is 1.62 bits per heavy atom. The molecule has 47 heavy (non-hydrogen) atoms. The number of hydrogen-bond donors (Lipinski definition) is 0. The predicted molar refractivity (Wildman–Crippen MR) is 192 cm³/mol. The summed E-state index contributed by atoms with van der Waals surface area (Å²) in [4.78, 5) is 15.2. The van der Waals surface area contributed by atoms with Crippen LogP contribution in [0.5, 0.6) is 0 Å². The van der Waals surface area contributed by atoms with Crippen molar-refractivity contribution >= 4 is 32.6 Å². The van der Waals surface area contributed by atoms with Gasteiger partial charge in [0.25, 0.3) is 0 Å². The molecule has 9 aromatic rings. The smallest absolute Gasteiger partial charge is 0.238 e. The average Bonchev–Trinajstić information content (AvgIpc) is 3.66. The van der Waals surface area contributed by atoms with Crippen LogP contribution in [0.1, 0.15) is 0 Å². The number of fused-ring (bicyclic) bond motifs is 6. The maximum Gasteiger partial charge on any atom is 0.238 e. The van der Waals surface area contributed by atoms with Crippen molar-refractivity contribution in [3.63, 3.8) is 0 Å². The molecule has 0 radical (unpaired) electrons. The number of benzene rings is 7. The first-order valence-corrected chi connectivity index (χ1v) is 15.9. The Labute approximate surface area is 271 Å². The Morgan fingerprint density at radius 1 is 0.362 bits per heavy atom. The van der Waals surface area contributed by atoms with Crippen LogP contribution in [0.4, 0.5) is 0 Å². The fourth-order valence-electron chi connectivity index (χ4n) is 7.24. The van der Waals surface area contributed by atoms with Crippen LogP contribution in [0.2, 0.25) is 0 Å². The molecule has 0 N–H and O–H groups in total. The SMILES string of the molecule is c1ccc(-c2nc(-c3ccc(-c4cc5c6c(cccc6c4)-c4ccccc4-5)cc3)nc(-n3c4ccccc4c4ccccc43)n2)cc1. The molecule has 0 saturated carbocycles. The first kappa shape index (κ1) is 25.9. The fourth-order valence-corrected chi connectivity index (χ4v) is 7.24. The van der Waals surface area contributed by atoms with E-state index in [-0.39, 0.29) is 0 Å². The predicted octanol–water partition coefficient (Wildman–Crippen LogP) is 10.8. The summed E-state index contributed by atoms with van der Waals surface area (Å²) in [5, 5.41) is 4.94. The highest BCUT2D eigenvalue weighted by Crippen LogP contribution is 2.48. The number of para-hydroxylation sites is 2. The monoisotopic (exact) mass is 598 g/mol. The van der Waals surface area contributed by atoms with Gasteiger partial charge in [-0.05, 0) is 68.4 Å². The molecule has 0 spiro atoms. The van der Waals surface area contributed by atoms with Crippen molar-refractivity contribution in [2.45, 2.75) is 0 Å². The molecule has 1 aliphatic carbocycles. The summed E-state index contributed by atoms with van der Waals surface area (Å²) in [6.45, 7) is 0. The molecule has 0 fully saturated rings. The summed E-state index contributed by atoms with van der Waals surface area (Å²) >= 11 is 0. The number of rotatable bonds is 4. The second-order valence-corrected chi connectivity index (χ2v) is 12.1. The Hall–Kier alpha value is -6.39. The van der Waals surface area contributed by atoms with Crippen LogP contribution in [-0.2, 0) is 0 Å². The lowest BCUT2D eigenvalue weighted by atomic mass is 9.95. The van der Waals surface area contributed by atoms with Crippen molar-refractivity contribution in [3.05, 3.63) is 158 Å². The summed E-state index contributed by atoms with van der Waals surface area (Å²) in [7, 11) is 0. The van der Waals surface area contributed by atoms with E-state index in [2.05, 4.69) is 132 Å². The van der Waals surface area contributed by atoms with E-state index in [9.17, 15) is 0 Å². The summed E-state index contributed by atoms with van der Waals surface area (Å²) in [6, 6.07) is 55.6. The van der Waals surface area contributed by atoms with Crippen LogP contribution >= 0.6 is 0 Å². The largest absolute Gasteiger partial charge is 0.278 e. The molecule has 1 aliphatic rings. The highest BCUT2D eigenvalue weighted by atomic mass is 15.2. The van der Waals surface area contributed by atoms with E-state index in [0.29, 0.717) is 17.6 Å². The van der Waals surface area contributed by atoms with E-state index in [1.54, 1.807) is 0 Å². The fraction of sp³-hybridized carbons (Fsp3) is 0. The minimum absolute atomic E-state index is 0.599. The topological polar surface area (TPSA) is 43.6 Å². The third-order valence-corrected chi connectivity index (χ3v) is 9.40. The zero-order chi connectivity index (χ0) is 30.9. The van der Waals surface area contributed by atoms with E-state index >= 15 is 0 Å². The summed E-state index contributed by atoms with van der Waals surface area (Å²) in [5.74, 6) is 1.88. The van der Waals surface area contributed by atoms with Gasteiger partial charge in [-0.2, -0.15) is 9.97 Å². The molecule has 2 heterocycles. The van der Waals surface area contributed by atoms with Crippen molar-refractivity contribution in [2.75, 3.05) is 0 Å². The third kappa shape index (κ3) is 3.98. The zero-order valence-corrected chi connectivity index (χ0v) is 25.3. The molecule has 218 valence electrons. The number of aromatic nitrogens is 4. The lowest BCUT2D eigenvalue weighted by molar-refractivity contribution is 0.953. The second kappa shape index (κ2) is 10.1. The van der Waals surface area contributed by atoms with E-state index in [1.165, 1.54) is 49.4 Å². The maximum atomic E-state index is 5.12. The van der Waals surface area contributed by atoms with E-state index < -0.39 is 0 Å². The highest BCUT2D eigenvalue weighted by molar-refractivity contribution is 6.16. The van der Waals surface area contributed by atoms with Crippen LogP contribution in [0.25, 0.3) is 94.7 Å². The minimum Gasteiger partial charge on any atom is -0.278 e. The van der Waals surface area contributed by atoms with Crippen molar-refractivity contribution < 1.29 is 0 Å². The quantitative estimate of drug-likeness (QED) is 0.202. The summed E-state index contributed by atoms with van der Waals surface area (Å²) in [6.07, 6.45) is 0. The van der Waals surface area contributed by atoms with Gasteiger partial charge in [-0.1, -0.05) is 133 Å². The molecule has 2 aromatic heterocycles. The maximum absolute atomic E-state index is 5.12. The molecule has 10 rings (SSSR count). The Kier molecular flexibility index (Phi) is 5.54. The van der Waals surface area contributed by atoms with Crippen LogP contribution in [0, 0.1) is 0 Å². The molecule has 7 aromatic carbocycles. The molecular weight excluding hydrogens is 573 g/mol. The minimum atomic E-state index is 0.599. The normalized spacial score (nSPS) is 11.8. The molecule has 4 nitrogen and oxygen atoms in total. The van der Waals surface area contributed by atoms with Gasteiger partial charge in [0.2, 0.25) is 5.95 Å². The van der Waals surface area contributed by atoms with Gasteiger partial charge in [0.15, 0.2) is 11.6 Å². The molecule has 4 heteroatoms. The van der Waals surface area contributed by atoms with Crippen molar-refractivity contribution in [1.29, 1.82) is 0 Å². The Bertz CT molecular complexity index is 2620. The molecule has 0 unspecified atom stereocenters. The average molecular weight is 599 g/mol. The molecule has 0 saturated heterocycles. The van der Waals surface area contributed by atoms with Crippen LogP contribution in [-0.4, -0.2) is 19.5 Å². The second-order valence-electron chi connectivity index (χ2n) is 12.1. The van der Waals surface area contributed by atoms with E-state index in [1.807, 2.05) is 30.3 Å². The van der Waals surface area contributed by atoms with Gasteiger partial charge in [-0.15, -0.1) is 0 Å². The van der Waals surface area contributed by atoms with Crippen LogP contribution < -0.4 is 0 Å². The highest BCUT2D eigenvalue weighted by Gasteiger charge is 2.22. The Balaban J connectivity index is 1.13. The van der Waals surface area contributed by atoms with Gasteiger partial charge in [0.1, 0.15) is 0 Å². The van der Waals surface area contributed by atoms with E-state index in [4.69, 9.17) is 15.0 Å². The standard InChI is InChI=1S/C43H26N4/c1-2-11-28(12-3-1)41-44-42(46-43(45-41)47-38-19-8-6-16-34(38)35-17-7-9-20-39(35)47)29-23-21-27(22-24-29)31-25-30-13-10-18-36-32-14-4-5-15-33(32)37(26-31)40(30)36/h1-26H. The van der Waals surface area contributed by atoms with Crippen molar-refractivity contribution in [3.8, 4) is 62.1 Å².